The largest absolute Gasteiger partial charge is 0.456 e. The summed E-state index contributed by atoms with van der Waals surface area (Å²) in [6, 6.07) is 61.2. The van der Waals surface area contributed by atoms with Gasteiger partial charge in [0.05, 0.1) is 33.1 Å². The molecule has 0 aliphatic carbocycles. The van der Waals surface area contributed by atoms with Crippen LogP contribution < -0.4 is 0 Å². The molecule has 49 heavy (non-hydrogen) atoms. The number of rotatable bonds is 3. The number of aromatic nitrogens is 2. The van der Waals surface area contributed by atoms with E-state index in [4.69, 9.17) is 4.42 Å². The molecule has 3 aromatic heterocycles. The topological polar surface area (TPSA) is 23.0 Å². The number of hydrogen-bond acceptors (Lipinski definition) is 1. The van der Waals surface area contributed by atoms with Gasteiger partial charge in [-0.2, -0.15) is 0 Å². The van der Waals surface area contributed by atoms with E-state index < -0.39 is 0 Å². The summed E-state index contributed by atoms with van der Waals surface area (Å²) in [6.07, 6.45) is 0. The molecule has 11 rings (SSSR count). The Balaban J connectivity index is 1.29. The van der Waals surface area contributed by atoms with Crippen LogP contribution in [0.4, 0.5) is 0 Å². The lowest BCUT2D eigenvalue weighted by molar-refractivity contribution is 0.669. The summed E-state index contributed by atoms with van der Waals surface area (Å²) in [7, 11) is 0. The minimum Gasteiger partial charge on any atom is -0.456 e. The molecule has 0 atom stereocenters. The van der Waals surface area contributed by atoms with Crippen molar-refractivity contribution in [2.45, 2.75) is 0 Å². The predicted molar refractivity (Wildman–Crippen MR) is 205 cm³/mol. The van der Waals surface area contributed by atoms with Crippen molar-refractivity contribution >= 4 is 76.3 Å². The quantitative estimate of drug-likeness (QED) is 0.192. The van der Waals surface area contributed by atoms with Gasteiger partial charge in [0.15, 0.2) is 0 Å². The summed E-state index contributed by atoms with van der Waals surface area (Å²) in [5.41, 5.74) is 11.2. The number of nitrogens with zero attached hydrogens (tertiary/aromatic N) is 2. The molecule has 0 saturated carbocycles. The maximum Gasteiger partial charge on any atom is 0.137 e. The first-order valence-corrected chi connectivity index (χ1v) is 16.8. The van der Waals surface area contributed by atoms with E-state index in [2.05, 4.69) is 179 Å². The molecule has 0 amide bonds. The van der Waals surface area contributed by atoms with Crippen molar-refractivity contribution in [2.24, 2.45) is 0 Å². The van der Waals surface area contributed by atoms with E-state index in [0.717, 1.165) is 33.3 Å². The maximum absolute atomic E-state index is 6.58. The molecule has 3 heterocycles. The summed E-state index contributed by atoms with van der Waals surface area (Å²) < 4.78 is 11.5. The second-order valence-corrected chi connectivity index (χ2v) is 12.9. The van der Waals surface area contributed by atoms with Crippen molar-refractivity contribution in [1.82, 2.24) is 9.13 Å². The highest BCUT2D eigenvalue weighted by Gasteiger charge is 2.23. The Morgan fingerprint density at radius 1 is 0.367 bits per heavy atom. The van der Waals surface area contributed by atoms with Crippen LogP contribution in [0.2, 0.25) is 0 Å². The van der Waals surface area contributed by atoms with Crippen LogP contribution in [0.3, 0.4) is 0 Å². The van der Waals surface area contributed by atoms with Crippen LogP contribution in [0.15, 0.2) is 174 Å². The van der Waals surface area contributed by atoms with Crippen LogP contribution in [0.5, 0.6) is 0 Å². The molecule has 3 heteroatoms. The van der Waals surface area contributed by atoms with Crippen LogP contribution in [-0.4, -0.2) is 9.13 Å². The molecule has 0 radical (unpaired) electrons. The molecular formula is C46H28N2O. The van der Waals surface area contributed by atoms with E-state index >= 15 is 0 Å². The summed E-state index contributed by atoms with van der Waals surface area (Å²) in [6.45, 7) is 0. The van der Waals surface area contributed by atoms with Gasteiger partial charge < -0.3 is 13.6 Å². The molecule has 0 unspecified atom stereocenters. The minimum absolute atomic E-state index is 0.887. The van der Waals surface area contributed by atoms with Gasteiger partial charge in [-0.1, -0.05) is 121 Å². The molecule has 0 saturated heterocycles. The third kappa shape index (κ3) is 3.73. The fourth-order valence-corrected chi connectivity index (χ4v) is 8.13. The van der Waals surface area contributed by atoms with Crippen LogP contribution in [0.1, 0.15) is 0 Å². The first-order valence-electron chi connectivity index (χ1n) is 16.8. The molecule has 8 aromatic carbocycles. The zero-order chi connectivity index (χ0) is 32.1. The van der Waals surface area contributed by atoms with Gasteiger partial charge in [0.1, 0.15) is 11.2 Å². The van der Waals surface area contributed by atoms with Crippen molar-refractivity contribution in [3.63, 3.8) is 0 Å². The summed E-state index contributed by atoms with van der Waals surface area (Å²) in [5.74, 6) is 0. The molecule has 0 fully saturated rings. The predicted octanol–water partition coefficient (Wildman–Crippen LogP) is 12.6. The Kier molecular flexibility index (Phi) is 5.38. The van der Waals surface area contributed by atoms with Gasteiger partial charge in [0.2, 0.25) is 0 Å². The van der Waals surface area contributed by atoms with E-state index in [9.17, 15) is 0 Å². The lowest BCUT2D eigenvalue weighted by Crippen LogP contribution is -1.99. The van der Waals surface area contributed by atoms with Gasteiger partial charge in [-0.3, -0.25) is 0 Å². The standard InChI is InChI=1S/C46H28N2O/c1-2-11-29(12-3-1)30-21-23-33(24-22-30)47-39-17-8-6-15-34(39)36-25-26-37-35-16-7-9-18-40(35)48(46(37)45(36)47)41-19-10-20-42-44(41)38-27-31-13-4-5-14-32(31)28-43(38)49-42/h1-28H. The average Bonchev–Trinajstić information content (AvgIpc) is 3.82. The third-order valence-electron chi connectivity index (χ3n) is 10.3. The molecule has 0 aliphatic rings. The highest BCUT2D eigenvalue weighted by molar-refractivity contribution is 6.25. The van der Waals surface area contributed by atoms with Crippen LogP contribution in [0, 0.1) is 0 Å². The van der Waals surface area contributed by atoms with Gasteiger partial charge in [0.25, 0.3) is 0 Å². The first kappa shape index (κ1) is 26.5. The third-order valence-corrected chi connectivity index (χ3v) is 10.3. The Hall–Kier alpha value is -6.58. The highest BCUT2D eigenvalue weighted by atomic mass is 16.3. The minimum atomic E-state index is 0.887. The second kappa shape index (κ2) is 9.96. The number of furan rings is 1. The lowest BCUT2D eigenvalue weighted by atomic mass is 10.0. The Morgan fingerprint density at radius 2 is 0.959 bits per heavy atom. The van der Waals surface area contributed by atoms with Gasteiger partial charge >= 0.3 is 0 Å². The fourth-order valence-electron chi connectivity index (χ4n) is 8.13. The van der Waals surface area contributed by atoms with Gasteiger partial charge in [0, 0.05) is 32.6 Å². The number of hydrogen-bond donors (Lipinski definition) is 0. The van der Waals surface area contributed by atoms with Gasteiger partial charge in [-0.15, -0.1) is 0 Å². The zero-order valence-electron chi connectivity index (χ0n) is 26.5. The van der Waals surface area contributed by atoms with Crippen molar-refractivity contribution in [3.8, 4) is 22.5 Å². The maximum atomic E-state index is 6.58. The Labute approximate surface area is 281 Å². The van der Waals surface area contributed by atoms with E-state index in [0.29, 0.717) is 0 Å². The SMILES string of the molecule is c1ccc(-c2ccc(-n3c4ccccc4c4ccc5c6ccccc6n(-c6cccc7oc8cc9ccccc9cc8c67)c5c43)cc2)cc1. The Bertz CT molecular complexity index is 3090. The van der Waals surface area contributed by atoms with E-state index in [1.165, 1.54) is 65.5 Å². The second-order valence-electron chi connectivity index (χ2n) is 12.9. The number of benzene rings is 8. The van der Waals surface area contributed by atoms with Gasteiger partial charge in [-0.05, 0) is 70.4 Å². The normalized spacial score (nSPS) is 12.1. The molecular weight excluding hydrogens is 597 g/mol. The monoisotopic (exact) mass is 624 g/mol. The summed E-state index contributed by atoms with van der Waals surface area (Å²) in [5, 5.41) is 9.55. The van der Waals surface area contributed by atoms with E-state index in [-0.39, 0.29) is 0 Å². The molecule has 0 N–H and O–H groups in total. The van der Waals surface area contributed by atoms with Crippen LogP contribution in [0.25, 0.3) is 98.8 Å². The van der Waals surface area contributed by atoms with Crippen molar-refractivity contribution in [3.05, 3.63) is 170 Å². The molecule has 228 valence electrons. The molecule has 11 aromatic rings. The van der Waals surface area contributed by atoms with Crippen molar-refractivity contribution < 1.29 is 4.42 Å². The average molecular weight is 625 g/mol. The Morgan fingerprint density at radius 3 is 1.69 bits per heavy atom. The molecule has 3 nitrogen and oxygen atoms in total. The van der Waals surface area contributed by atoms with Gasteiger partial charge in [-0.25, -0.2) is 0 Å². The molecule has 0 bridgehead atoms. The first-order chi connectivity index (χ1) is 24.3. The van der Waals surface area contributed by atoms with Crippen LogP contribution in [-0.2, 0) is 0 Å². The summed E-state index contributed by atoms with van der Waals surface area (Å²) >= 11 is 0. The zero-order valence-corrected chi connectivity index (χ0v) is 26.5. The van der Waals surface area contributed by atoms with E-state index in [1.807, 2.05) is 0 Å². The number of fused-ring (bicyclic) bond motifs is 11. The smallest absolute Gasteiger partial charge is 0.137 e. The van der Waals surface area contributed by atoms with Crippen LogP contribution >= 0.6 is 0 Å². The molecule has 0 spiro atoms. The summed E-state index contributed by atoms with van der Waals surface area (Å²) in [4.78, 5) is 0. The lowest BCUT2D eigenvalue weighted by Gasteiger charge is -2.14. The number of para-hydroxylation sites is 2. The highest BCUT2D eigenvalue weighted by Crippen LogP contribution is 2.44. The van der Waals surface area contributed by atoms with Crippen molar-refractivity contribution in [2.75, 3.05) is 0 Å². The van der Waals surface area contributed by atoms with E-state index in [1.54, 1.807) is 0 Å². The fraction of sp³-hybridized carbons (Fsp3) is 0. The molecule has 0 aliphatic heterocycles. The van der Waals surface area contributed by atoms with Crippen molar-refractivity contribution in [1.29, 1.82) is 0 Å².